The van der Waals surface area contributed by atoms with Crippen LogP contribution in [0.3, 0.4) is 0 Å². The van der Waals surface area contributed by atoms with Crippen LogP contribution in [0.15, 0.2) is 22.6 Å². The van der Waals surface area contributed by atoms with E-state index >= 15 is 0 Å². The Morgan fingerprint density at radius 1 is 1.53 bits per heavy atom. The molecule has 0 aliphatic rings. The van der Waals surface area contributed by atoms with E-state index in [0.717, 1.165) is 17.5 Å². The summed E-state index contributed by atoms with van der Waals surface area (Å²) >= 11 is 0. The number of rotatable bonds is 4. The maximum absolute atomic E-state index is 11.4. The Hall–Kier alpha value is -1.88. The number of hydrogen-bond donors (Lipinski definition) is 2. The van der Waals surface area contributed by atoms with Gasteiger partial charge < -0.3 is 15.5 Å². The van der Waals surface area contributed by atoms with Crippen LogP contribution in [0.2, 0.25) is 0 Å². The molecule has 0 aliphatic heterocycles. The second-order valence-corrected chi connectivity index (χ2v) is 3.73. The number of anilines is 1. The van der Waals surface area contributed by atoms with E-state index in [2.05, 4.69) is 10.3 Å². The summed E-state index contributed by atoms with van der Waals surface area (Å²) in [6, 6.07) is 5.40. The third-order valence-corrected chi connectivity index (χ3v) is 2.39. The highest BCUT2D eigenvalue weighted by atomic mass is 16.3. The number of benzene rings is 1. The van der Waals surface area contributed by atoms with Gasteiger partial charge in [-0.15, -0.1) is 0 Å². The first-order valence-corrected chi connectivity index (χ1v) is 5.62. The molecule has 0 unspecified atom stereocenters. The van der Waals surface area contributed by atoms with Crippen molar-refractivity contribution >= 4 is 22.7 Å². The Kier molecular flexibility index (Phi) is 3.39. The summed E-state index contributed by atoms with van der Waals surface area (Å²) in [4.78, 5) is 15.7. The van der Waals surface area contributed by atoms with Crippen molar-refractivity contribution in [2.24, 2.45) is 5.73 Å². The molecule has 90 valence electrons. The third-order valence-electron chi connectivity index (χ3n) is 2.39. The molecule has 0 bridgehead atoms. The van der Waals surface area contributed by atoms with Crippen LogP contribution < -0.4 is 11.1 Å². The molecule has 5 nitrogen and oxygen atoms in total. The molecule has 0 atom stereocenters. The van der Waals surface area contributed by atoms with E-state index in [1.807, 2.05) is 6.92 Å². The summed E-state index contributed by atoms with van der Waals surface area (Å²) in [6.07, 6.45) is 1.07. The molecule has 0 aliphatic carbocycles. The summed E-state index contributed by atoms with van der Waals surface area (Å²) < 4.78 is 5.48. The molecule has 0 saturated carbocycles. The molecule has 0 saturated heterocycles. The van der Waals surface area contributed by atoms with Crippen LogP contribution in [0, 0.1) is 0 Å². The van der Waals surface area contributed by atoms with E-state index in [4.69, 9.17) is 10.2 Å². The van der Waals surface area contributed by atoms with Crippen LogP contribution in [0.25, 0.3) is 11.1 Å². The minimum atomic E-state index is -0.0916. The maximum Gasteiger partial charge on any atom is 0.225 e. The van der Waals surface area contributed by atoms with Crippen molar-refractivity contribution in [3.63, 3.8) is 0 Å². The van der Waals surface area contributed by atoms with Crippen molar-refractivity contribution in [1.29, 1.82) is 0 Å². The molecule has 3 N–H and O–H groups in total. The van der Waals surface area contributed by atoms with E-state index in [1.165, 1.54) is 0 Å². The topological polar surface area (TPSA) is 81.2 Å². The highest BCUT2D eigenvalue weighted by Gasteiger charge is 2.06. The highest BCUT2D eigenvalue weighted by Crippen LogP contribution is 2.20. The first-order chi connectivity index (χ1) is 8.22. The zero-order chi connectivity index (χ0) is 12.3. The van der Waals surface area contributed by atoms with Gasteiger partial charge in [-0.3, -0.25) is 4.79 Å². The zero-order valence-corrected chi connectivity index (χ0v) is 9.69. The fraction of sp³-hybridized carbons (Fsp3) is 0.333. The maximum atomic E-state index is 11.4. The van der Waals surface area contributed by atoms with Gasteiger partial charge >= 0.3 is 0 Å². The minimum Gasteiger partial charge on any atom is -0.441 e. The Labute approximate surface area is 99.0 Å². The first kappa shape index (κ1) is 11.6. The molecule has 2 rings (SSSR count). The van der Waals surface area contributed by atoms with Gasteiger partial charge in [-0.05, 0) is 18.2 Å². The number of carbonyl (C=O) groups is 1. The van der Waals surface area contributed by atoms with Gasteiger partial charge in [0.05, 0.1) is 0 Å². The molecule has 1 amide bonds. The first-order valence-electron chi connectivity index (χ1n) is 5.62. The second-order valence-electron chi connectivity index (χ2n) is 3.73. The monoisotopic (exact) mass is 233 g/mol. The molecule has 1 aromatic heterocycles. The predicted octanol–water partition coefficient (Wildman–Crippen LogP) is 1.68. The second kappa shape index (κ2) is 4.97. The lowest BCUT2D eigenvalue weighted by Crippen LogP contribution is -2.16. The van der Waals surface area contributed by atoms with Gasteiger partial charge in [0, 0.05) is 25.1 Å². The number of nitrogens with one attached hydrogen (secondary N) is 1. The standard InChI is InChI=1S/C12H15N3O2/c1-2-12-15-9-7-8(3-4-10(9)17-12)14-11(16)5-6-13/h3-4,7H,2,5-6,13H2,1H3,(H,14,16). The SMILES string of the molecule is CCc1nc2cc(NC(=O)CCN)ccc2o1. The summed E-state index contributed by atoms with van der Waals surface area (Å²) in [5.74, 6) is 0.608. The normalized spacial score (nSPS) is 10.7. The highest BCUT2D eigenvalue weighted by molar-refractivity contribution is 5.92. The van der Waals surface area contributed by atoms with Gasteiger partial charge in [0.25, 0.3) is 0 Å². The predicted molar refractivity (Wildman–Crippen MR) is 65.7 cm³/mol. The number of aromatic nitrogens is 1. The van der Waals surface area contributed by atoms with Crippen molar-refractivity contribution in [3.8, 4) is 0 Å². The van der Waals surface area contributed by atoms with Crippen molar-refractivity contribution in [1.82, 2.24) is 4.98 Å². The largest absolute Gasteiger partial charge is 0.441 e. The number of nitrogens with zero attached hydrogens (tertiary/aromatic N) is 1. The molecule has 0 radical (unpaired) electrons. The smallest absolute Gasteiger partial charge is 0.225 e. The number of fused-ring (bicyclic) bond motifs is 1. The van der Waals surface area contributed by atoms with Gasteiger partial charge in [-0.2, -0.15) is 0 Å². The summed E-state index contributed by atoms with van der Waals surface area (Å²) in [6.45, 7) is 2.33. The van der Waals surface area contributed by atoms with Gasteiger partial charge in [0.1, 0.15) is 5.52 Å². The van der Waals surface area contributed by atoms with Gasteiger partial charge in [0.2, 0.25) is 5.91 Å². The summed E-state index contributed by atoms with van der Waals surface area (Å²) in [5, 5.41) is 2.76. The van der Waals surface area contributed by atoms with E-state index in [1.54, 1.807) is 18.2 Å². The van der Waals surface area contributed by atoms with Crippen molar-refractivity contribution < 1.29 is 9.21 Å². The Morgan fingerprint density at radius 3 is 3.06 bits per heavy atom. The van der Waals surface area contributed by atoms with Crippen LogP contribution in [-0.2, 0) is 11.2 Å². The molecular weight excluding hydrogens is 218 g/mol. The van der Waals surface area contributed by atoms with Gasteiger partial charge in [-0.25, -0.2) is 4.98 Å². The number of oxazole rings is 1. The number of amides is 1. The Bertz CT molecular complexity index is 534. The zero-order valence-electron chi connectivity index (χ0n) is 9.69. The Morgan fingerprint density at radius 2 is 2.35 bits per heavy atom. The summed E-state index contributed by atoms with van der Waals surface area (Å²) in [7, 11) is 0. The molecule has 1 heterocycles. The quantitative estimate of drug-likeness (QED) is 0.841. The Balaban J connectivity index is 2.21. The van der Waals surface area contributed by atoms with E-state index in [9.17, 15) is 4.79 Å². The van der Waals surface area contributed by atoms with Crippen LogP contribution in [0.5, 0.6) is 0 Å². The molecule has 17 heavy (non-hydrogen) atoms. The molecule has 1 aromatic carbocycles. The lowest BCUT2D eigenvalue weighted by atomic mass is 10.2. The van der Waals surface area contributed by atoms with Crippen molar-refractivity contribution in [2.75, 3.05) is 11.9 Å². The van der Waals surface area contributed by atoms with Crippen LogP contribution in [0.4, 0.5) is 5.69 Å². The van der Waals surface area contributed by atoms with Gasteiger partial charge in [-0.1, -0.05) is 6.92 Å². The number of carbonyl (C=O) groups excluding carboxylic acids is 1. The molecule has 0 spiro atoms. The van der Waals surface area contributed by atoms with E-state index in [-0.39, 0.29) is 5.91 Å². The molecule has 5 heteroatoms. The fourth-order valence-electron chi connectivity index (χ4n) is 1.56. The number of nitrogens with two attached hydrogens (primary N) is 1. The van der Waals surface area contributed by atoms with Crippen LogP contribution in [0.1, 0.15) is 19.2 Å². The van der Waals surface area contributed by atoms with E-state index < -0.39 is 0 Å². The molecular formula is C12H15N3O2. The summed E-state index contributed by atoms with van der Waals surface area (Å²) in [5.41, 5.74) is 7.51. The number of aryl methyl sites for hydroxylation is 1. The fourth-order valence-corrected chi connectivity index (χ4v) is 1.56. The molecule has 0 fully saturated rings. The average molecular weight is 233 g/mol. The van der Waals surface area contributed by atoms with Crippen molar-refractivity contribution in [2.45, 2.75) is 19.8 Å². The third kappa shape index (κ3) is 2.62. The van der Waals surface area contributed by atoms with Crippen molar-refractivity contribution in [3.05, 3.63) is 24.1 Å². The number of hydrogen-bond acceptors (Lipinski definition) is 4. The lowest BCUT2D eigenvalue weighted by Gasteiger charge is -2.02. The lowest BCUT2D eigenvalue weighted by molar-refractivity contribution is -0.116. The minimum absolute atomic E-state index is 0.0916. The average Bonchev–Trinajstić information content (AvgIpc) is 2.71. The van der Waals surface area contributed by atoms with Crippen LogP contribution in [-0.4, -0.2) is 17.4 Å². The van der Waals surface area contributed by atoms with Gasteiger partial charge in [0.15, 0.2) is 11.5 Å². The van der Waals surface area contributed by atoms with Crippen LogP contribution >= 0.6 is 0 Å². The van der Waals surface area contributed by atoms with E-state index in [0.29, 0.717) is 24.5 Å². The molecule has 2 aromatic rings.